The van der Waals surface area contributed by atoms with Gasteiger partial charge in [-0.25, -0.2) is 9.97 Å². The Morgan fingerprint density at radius 3 is 3.00 bits per heavy atom. The number of hydrogen-bond donors (Lipinski definition) is 1. The molecule has 0 spiro atoms. The Labute approximate surface area is 88.9 Å². The molecule has 1 N–H and O–H groups in total. The number of carbonyl (C=O) groups is 1. The fourth-order valence-corrected chi connectivity index (χ4v) is 1.06. The first-order valence-electron chi connectivity index (χ1n) is 4.92. The number of nitrogens with one attached hydrogen (secondary N) is 1. The van der Waals surface area contributed by atoms with Crippen LogP contribution in [-0.4, -0.2) is 23.0 Å². The fraction of sp³-hybridized carbons (Fsp3) is 0.500. The highest BCUT2D eigenvalue weighted by molar-refractivity contribution is 5.89. The van der Waals surface area contributed by atoms with Gasteiger partial charge in [-0.2, -0.15) is 0 Å². The Bertz CT molecular complexity index is 328. The lowest BCUT2D eigenvalue weighted by atomic mass is 10.2. The first-order valence-corrected chi connectivity index (χ1v) is 4.92. The molecule has 1 amide bonds. The highest BCUT2D eigenvalue weighted by Gasteiger charge is 2.03. The van der Waals surface area contributed by atoms with E-state index in [-0.39, 0.29) is 5.91 Å². The van der Waals surface area contributed by atoms with Crippen LogP contribution in [0.2, 0.25) is 0 Å². The molecule has 1 rings (SSSR count). The van der Waals surface area contributed by atoms with Crippen LogP contribution in [0.15, 0.2) is 12.4 Å². The van der Waals surface area contributed by atoms with E-state index in [1.165, 1.54) is 13.4 Å². The maximum atomic E-state index is 11.4. The maximum absolute atomic E-state index is 11.4. The van der Waals surface area contributed by atoms with Gasteiger partial charge in [0.1, 0.15) is 12.1 Å². The minimum absolute atomic E-state index is 0.0300. The first kappa shape index (κ1) is 11.4. The van der Waals surface area contributed by atoms with Gasteiger partial charge < -0.3 is 10.1 Å². The molecule has 15 heavy (non-hydrogen) atoms. The van der Waals surface area contributed by atoms with Crippen molar-refractivity contribution in [1.82, 2.24) is 9.97 Å². The zero-order valence-electron chi connectivity index (χ0n) is 8.99. The van der Waals surface area contributed by atoms with Gasteiger partial charge in [0.2, 0.25) is 11.8 Å². The van der Waals surface area contributed by atoms with E-state index < -0.39 is 0 Å². The van der Waals surface area contributed by atoms with Crippen LogP contribution in [-0.2, 0) is 4.79 Å². The molecule has 0 aliphatic heterocycles. The molecule has 0 unspecified atom stereocenters. The quantitative estimate of drug-likeness (QED) is 0.800. The van der Waals surface area contributed by atoms with Crippen LogP contribution >= 0.6 is 0 Å². The molecule has 82 valence electrons. The van der Waals surface area contributed by atoms with Crippen molar-refractivity contribution in [3.05, 3.63) is 12.4 Å². The number of aromatic nitrogens is 2. The Morgan fingerprint density at radius 2 is 2.33 bits per heavy atom. The normalized spacial score (nSPS) is 9.73. The van der Waals surface area contributed by atoms with Crippen LogP contribution in [0.3, 0.4) is 0 Å². The largest absolute Gasteiger partial charge is 0.481 e. The number of unbranched alkanes of at least 4 members (excludes halogenated alkanes) is 1. The first-order chi connectivity index (χ1) is 7.26. The van der Waals surface area contributed by atoms with Crippen molar-refractivity contribution < 1.29 is 9.53 Å². The summed E-state index contributed by atoms with van der Waals surface area (Å²) in [6.07, 6.45) is 3.76. The van der Waals surface area contributed by atoms with Gasteiger partial charge in [-0.15, -0.1) is 0 Å². The second-order valence-electron chi connectivity index (χ2n) is 3.10. The predicted octanol–water partition coefficient (Wildman–Crippen LogP) is 1.61. The van der Waals surface area contributed by atoms with E-state index in [1.54, 1.807) is 6.07 Å². The van der Waals surface area contributed by atoms with Crippen molar-refractivity contribution in [1.29, 1.82) is 0 Å². The van der Waals surface area contributed by atoms with Gasteiger partial charge in [0, 0.05) is 12.5 Å². The summed E-state index contributed by atoms with van der Waals surface area (Å²) in [6.45, 7) is 2.04. The third-order valence-corrected chi connectivity index (χ3v) is 1.88. The van der Waals surface area contributed by atoms with E-state index in [0.29, 0.717) is 18.1 Å². The van der Waals surface area contributed by atoms with E-state index >= 15 is 0 Å². The zero-order valence-corrected chi connectivity index (χ0v) is 8.99. The molecular weight excluding hydrogens is 194 g/mol. The summed E-state index contributed by atoms with van der Waals surface area (Å²) < 4.78 is 4.92. The number of hydrogen-bond acceptors (Lipinski definition) is 4. The molecule has 0 radical (unpaired) electrons. The van der Waals surface area contributed by atoms with E-state index in [2.05, 4.69) is 15.3 Å². The SMILES string of the molecule is CCCCC(=O)Nc1cc(OC)ncn1. The lowest BCUT2D eigenvalue weighted by Gasteiger charge is -2.04. The average molecular weight is 209 g/mol. The molecule has 1 heterocycles. The molecule has 1 aromatic heterocycles. The molecule has 0 aliphatic carbocycles. The van der Waals surface area contributed by atoms with Crippen LogP contribution in [0.1, 0.15) is 26.2 Å². The van der Waals surface area contributed by atoms with Crippen molar-refractivity contribution in [2.45, 2.75) is 26.2 Å². The van der Waals surface area contributed by atoms with E-state index in [1.807, 2.05) is 6.92 Å². The minimum Gasteiger partial charge on any atom is -0.481 e. The minimum atomic E-state index is -0.0300. The summed E-state index contributed by atoms with van der Waals surface area (Å²) in [4.78, 5) is 19.1. The Kier molecular flexibility index (Phi) is 4.53. The average Bonchev–Trinajstić information content (AvgIpc) is 2.26. The molecular formula is C10H15N3O2. The van der Waals surface area contributed by atoms with Gasteiger partial charge >= 0.3 is 0 Å². The number of anilines is 1. The molecule has 5 heteroatoms. The summed E-state index contributed by atoms with van der Waals surface area (Å²) in [5.74, 6) is 0.886. The number of amides is 1. The standard InChI is InChI=1S/C10H15N3O2/c1-3-4-5-9(14)13-8-6-10(15-2)12-7-11-8/h6-7H,3-5H2,1-2H3,(H,11,12,13,14). The van der Waals surface area contributed by atoms with Crippen LogP contribution in [0.4, 0.5) is 5.82 Å². The summed E-state index contributed by atoms with van der Waals surface area (Å²) in [6, 6.07) is 1.59. The molecule has 5 nitrogen and oxygen atoms in total. The summed E-state index contributed by atoms with van der Waals surface area (Å²) in [5, 5.41) is 2.68. The van der Waals surface area contributed by atoms with Crippen molar-refractivity contribution in [3.8, 4) is 5.88 Å². The molecule has 0 bridgehead atoms. The van der Waals surface area contributed by atoms with Crippen molar-refractivity contribution >= 4 is 11.7 Å². The van der Waals surface area contributed by atoms with E-state index in [9.17, 15) is 4.79 Å². The second kappa shape index (κ2) is 5.95. The van der Waals surface area contributed by atoms with Gasteiger partial charge in [0.25, 0.3) is 0 Å². The Balaban J connectivity index is 2.52. The lowest BCUT2D eigenvalue weighted by Crippen LogP contribution is -2.12. The smallest absolute Gasteiger partial charge is 0.225 e. The van der Waals surface area contributed by atoms with Gasteiger partial charge in [-0.1, -0.05) is 13.3 Å². The van der Waals surface area contributed by atoms with Crippen LogP contribution < -0.4 is 10.1 Å². The topological polar surface area (TPSA) is 64.1 Å². The highest BCUT2D eigenvalue weighted by Crippen LogP contribution is 2.10. The number of methoxy groups -OCH3 is 1. The van der Waals surface area contributed by atoms with Crippen LogP contribution in [0.5, 0.6) is 5.88 Å². The summed E-state index contributed by atoms with van der Waals surface area (Å²) in [7, 11) is 1.52. The monoisotopic (exact) mass is 209 g/mol. The number of nitrogens with zero attached hydrogens (tertiary/aromatic N) is 2. The van der Waals surface area contributed by atoms with Crippen molar-refractivity contribution in [3.63, 3.8) is 0 Å². The number of rotatable bonds is 5. The Morgan fingerprint density at radius 1 is 1.53 bits per heavy atom. The highest BCUT2D eigenvalue weighted by atomic mass is 16.5. The fourth-order valence-electron chi connectivity index (χ4n) is 1.06. The molecule has 1 aromatic rings. The van der Waals surface area contributed by atoms with E-state index in [0.717, 1.165) is 12.8 Å². The third-order valence-electron chi connectivity index (χ3n) is 1.88. The zero-order chi connectivity index (χ0) is 11.1. The molecule has 0 saturated heterocycles. The number of carbonyl (C=O) groups excluding carboxylic acids is 1. The van der Waals surface area contributed by atoms with Gasteiger partial charge in [-0.3, -0.25) is 4.79 Å². The molecule has 0 atom stereocenters. The molecule has 0 aliphatic rings. The predicted molar refractivity (Wildman–Crippen MR) is 56.7 cm³/mol. The van der Waals surface area contributed by atoms with Crippen LogP contribution in [0, 0.1) is 0 Å². The maximum Gasteiger partial charge on any atom is 0.225 e. The molecule has 0 saturated carbocycles. The van der Waals surface area contributed by atoms with Gasteiger partial charge in [0.15, 0.2) is 0 Å². The lowest BCUT2D eigenvalue weighted by molar-refractivity contribution is -0.116. The van der Waals surface area contributed by atoms with Crippen LogP contribution in [0.25, 0.3) is 0 Å². The third kappa shape index (κ3) is 3.93. The van der Waals surface area contributed by atoms with Gasteiger partial charge in [-0.05, 0) is 6.42 Å². The number of ether oxygens (including phenoxy) is 1. The van der Waals surface area contributed by atoms with Gasteiger partial charge in [0.05, 0.1) is 7.11 Å². The second-order valence-corrected chi connectivity index (χ2v) is 3.10. The van der Waals surface area contributed by atoms with Crippen molar-refractivity contribution in [2.24, 2.45) is 0 Å². The molecule has 0 fully saturated rings. The van der Waals surface area contributed by atoms with E-state index in [4.69, 9.17) is 4.74 Å². The summed E-state index contributed by atoms with van der Waals surface area (Å²) >= 11 is 0. The molecule has 0 aromatic carbocycles. The summed E-state index contributed by atoms with van der Waals surface area (Å²) in [5.41, 5.74) is 0. The van der Waals surface area contributed by atoms with Crippen molar-refractivity contribution in [2.75, 3.05) is 12.4 Å². The Hall–Kier alpha value is -1.65.